The van der Waals surface area contributed by atoms with Gasteiger partial charge in [0.25, 0.3) is 5.91 Å². The van der Waals surface area contributed by atoms with Crippen LogP contribution in [0.2, 0.25) is 0 Å². The van der Waals surface area contributed by atoms with Gasteiger partial charge in [-0.25, -0.2) is 4.99 Å². The predicted molar refractivity (Wildman–Crippen MR) is 135 cm³/mol. The van der Waals surface area contributed by atoms with Crippen LogP contribution in [0.4, 0.5) is 0 Å². The molecule has 0 aliphatic carbocycles. The summed E-state index contributed by atoms with van der Waals surface area (Å²) >= 11 is 2.07. The quantitative estimate of drug-likeness (QED) is 0.352. The lowest BCUT2D eigenvalue weighted by Crippen LogP contribution is -2.48. The number of hydrogen-bond acceptors (Lipinski definition) is 3. The molecule has 1 atom stereocenters. The molecule has 1 amide bonds. The van der Waals surface area contributed by atoms with E-state index in [1.165, 1.54) is 12.8 Å². The normalized spacial score (nSPS) is 20.2. The average molecular weight is 531 g/mol. The zero-order chi connectivity index (χ0) is 19.8. The molecule has 1 N–H and O–H groups in total. The monoisotopic (exact) mass is 530 g/mol. The summed E-state index contributed by atoms with van der Waals surface area (Å²) in [5.41, 5.74) is 1.93. The van der Waals surface area contributed by atoms with Crippen LogP contribution in [0, 0.1) is 0 Å². The SMILES string of the molecule is CCNC(=NCc1ccc(C(=O)N2CCCCC2)cc1)N1CCSC(CC)C1.I. The third-order valence-corrected chi connectivity index (χ3v) is 6.86. The first-order valence-corrected chi connectivity index (χ1v) is 11.8. The maximum absolute atomic E-state index is 12.6. The van der Waals surface area contributed by atoms with Gasteiger partial charge >= 0.3 is 0 Å². The van der Waals surface area contributed by atoms with E-state index >= 15 is 0 Å². The second kappa shape index (κ2) is 12.7. The Morgan fingerprint density at radius 1 is 1.10 bits per heavy atom. The number of piperidine rings is 1. The Morgan fingerprint density at radius 3 is 2.48 bits per heavy atom. The lowest BCUT2D eigenvalue weighted by molar-refractivity contribution is 0.0724. The molecule has 0 aromatic heterocycles. The van der Waals surface area contributed by atoms with Crippen LogP contribution in [0.15, 0.2) is 29.3 Å². The molecule has 3 rings (SSSR count). The third-order valence-electron chi connectivity index (χ3n) is 5.48. The number of aliphatic imine (C=N–C) groups is 1. The van der Waals surface area contributed by atoms with E-state index < -0.39 is 0 Å². The fraction of sp³-hybridized carbons (Fsp3) is 0.636. The van der Waals surface area contributed by atoms with E-state index in [9.17, 15) is 4.79 Å². The highest BCUT2D eigenvalue weighted by Crippen LogP contribution is 2.21. The van der Waals surface area contributed by atoms with Crippen molar-refractivity contribution in [3.63, 3.8) is 0 Å². The van der Waals surface area contributed by atoms with Crippen molar-refractivity contribution in [1.82, 2.24) is 15.1 Å². The van der Waals surface area contributed by atoms with Crippen molar-refractivity contribution in [2.75, 3.05) is 38.5 Å². The fourth-order valence-electron chi connectivity index (χ4n) is 3.78. The van der Waals surface area contributed by atoms with E-state index in [1.807, 2.05) is 29.2 Å². The minimum absolute atomic E-state index is 0. The number of benzene rings is 1. The molecule has 2 heterocycles. The van der Waals surface area contributed by atoms with E-state index in [2.05, 4.69) is 35.8 Å². The number of carbonyl (C=O) groups excluding carboxylic acids is 1. The molecular formula is C22H35IN4OS. The summed E-state index contributed by atoms with van der Waals surface area (Å²) in [6, 6.07) is 8.01. The van der Waals surface area contributed by atoms with E-state index in [0.717, 1.165) is 68.4 Å². The van der Waals surface area contributed by atoms with Crippen molar-refractivity contribution in [3.8, 4) is 0 Å². The Morgan fingerprint density at radius 2 is 1.83 bits per heavy atom. The van der Waals surface area contributed by atoms with Crippen molar-refractivity contribution in [2.24, 2.45) is 4.99 Å². The summed E-state index contributed by atoms with van der Waals surface area (Å²) in [6.45, 7) is 9.80. The van der Waals surface area contributed by atoms with Gasteiger partial charge in [0.05, 0.1) is 6.54 Å². The Kier molecular flexibility index (Phi) is 10.6. The van der Waals surface area contributed by atoms with E-state index in [-0.39, 0.29) is 29.9 Å². The fourth-order valence-corrected chi connectivity index (χ4v) is 4.96. The smallest absolute Gasteiger partial charge is 0.253 e. The number of nitrogens with one attached hydrogen (secondary N) is 1. The molecule has 2 aliphatic rings. The molecule has 5 nitrogen and oxygen atoms in total. The molecule has 2 aliphatic heterocycles. The molecule has 0 radical (unpaired) electrons. The number of thioether (sulfide) groups is 1. The topological polar surface area (TPSA) is 47.9 Å². The lowest BCUT2D eigenvalue weighted by Gasteiger charge is -2.34. The van der Waals surface area contributed by atoms with Crippen molar-refractivity contribution in [3.05, 3.63) is 35.4 Å². The van der Waals surface area contributed by atoms with Crippen LogP contribution in [-0.2, 0) is 6.54 Å². The zero-order valence-electron chi connectivity index (χ0n) is 17.7. The lowest BCUT2D eigenvalue weighted by atomic mass is 10.1. The van der Waals surface area contributed by atoms with Gasteiger partial charge < -0.3 is 15.1 Å². The Balaban J connectivity index is 0.00000300. The first kappa shape index (κ1) is 24.3. The first-order chi connectivity index (χ1) is 13.7. The van der Waals surface area contributed by atoms with Crippen LogP contribution in [0.5, 0.6) is 0 Å². The highest BCUT2D eigenvalue weighted by Gasteiger charge is 2.21. The van der Waals surface area contributed by atoms with Gasteiger partial charge in [-0.3, -0.25) is 4.79 Å². The first-order valence-electron chi connectivity index (χ1n) is 10.7. The van der Waals surface area contributed by atoms with Crippen LogP contribution in [0.1, 0.15) is 55.5 Å². The summed E-state index contributed by atoms with van der Waals surface area (Å²) in [6.07, 6.45) is 4.69. The van der Waals surface area contributed by atoms with Crippen molar-refractivity contribution in [1.29, 1.82) is 0 Å². The summed E-state index contributed by atoms with van der Waals surface area (Å²) in [5.74, 6) is 2.34. The second-order valence-corrected chi connectivity index (χ2v) is 8.98. The molecule has 0 bridgehead atoms. The second-order valence-electron chi connectivity index (χ2n) is 7.57. The Labute approximate surface area is 197 Å². The number of amides is 1. The van der Waals surface area contributed by atoms with Crippen molar-refractivity contribution >= 4 is 47.6 Å². The Bertz CT molecular complexity index is 661. The highest BCUT2D eigenvalue weighted by molar-refractivity contribution is 14.0. The molecule has 2 saturated heterocycles. The number of rotatable bonds is 5. The number of halogens is 1. The van der Waals surface area contributed by atoms with Crippen LogP contribution in [0.25, 0.3) is 0 Å². The van der Waals surface area contributed by atoms with Gasteiger partial charge in [-0.05, 0) is 50.3 Å². The van der Waals surface area contributed by atoms with Crippen molar-refractivity contribution in [2.45, 2.75) is 51.3 Å². The molecule has 7 heteroatoms. The summed E-state index contributed by atoms with van der Waals surface area (Å²) in [7, 11) is 0. The van der Waals surface area contributed by atoms with Crippen LogP contribution < -0.4 is 5.32 Å². The summed E-state index contributed by atoms with van der Waals surface area (Å²) < 4.78 is 0. The molecule has 1 aromatic carbocycles. The summed E-state index contributed by atoms with van der Waals surface area (Å²) in [5, 5.41) is 4.14. The maximum atomic E-state index is 12.6. The molecule has 1 unspecified atom stereocenters. The molecule has 2 fully saturated rings. The van der Waals surface area contributed by atoms with E-state index in [0.29, 0.717) is 11.8 Å². The minimum atomic E-state index is 0. The van der Waals surface area contributed by atoms with E-state index in [4.69, 9.17) is 4.99 Å². The molecule has 29 heavy (non-hydrogen) atoms. The van der Waals surface area contributed by atoms with Gasteiger partial charge in [-0.1, -0.05) is 19.1 Å². The van der Waals surface area contributed by atoms with Crippen LogP contribution >= 0.6 is 35.7 Å². The maximum Gasteiger partial charge on any atom is 0.253 e. The van der Waals surface area contributed by atoms with Crippen LogP contribution in [-0.4, -0.2) is 65.4 Å². The Hall–Kier alpha value is -0.960. The van der Waals surface area contributed by atoms with Gasteiger partial charge in [0.1, 0.15) is 0 Å². The number of nitrogens with zero attached hydrogens (tertiary/aromatic N) is 3. The van der Waals surface area contributed by atoms with Gasteiger partial charge in [-0.15, -0.1) is 24.0 Å². The number of likely N-dealkylation sites (tertiary alicyclic amines) is 1. The average Bonchev–Trinajstić information content (AvgIpc) is 2.77. The van der Waals surface area contributed by atoms with Crippen molar-refractivity contribution < 1.29 is 4.79 Å². The molecule has 162 valence electrons. The minimum Gasteiger partial charge on any atom is -0.357 e. The zero-order valence-corrected chi connectivity index (χ0v) is 20.9. The number of hydrogen-bond donors (Lipinski definition) is 1. The van der Waals surface area contributed by atoms with E-state index in [1.54, 1.807) is 0 Å². The predicted octanol–water partition coefficient (Wildman–Crippen LogP) is 4.22. The standard InChI is InChI=1S/C22H34N4OS.HI/c1-3-20-17-26(14-15-28-20)22(23-4-2)24-16-18-8-10-19(11-9-18)21(27)25-12-6-5-7-13-25;/h8-11,20H,3-7,12-17H2,1-2H3,(H,23,24);1H. The molecular weight excluding hydrogens is 495 g/mol. The third kappa shape index (κ3) is 7.05. The highest BCUT2D eigenvalue weighted by atomic mass is 127. The van der Waals surface area contributed by atoms with Gasteiger partial charge in [0.2, 0.25) is 0 Å². The van der Waals surface area contributed by atoms with Gasteiger partial charge in [-0.2, -0.15) is 11.8 Å². The van der Waals surface area contributed by atoms with Gasteiger partial charge in [0.15, 0.2) is 5.96 Å². The van der Waals surface area contributed by atoms with Gasteiger partial charge in [0, 0.05) is 49.3 Å². The molecule has 0 spiro atoms. The number of carbonyl (C=O) groups is 1. The summed E-state index contributed by atoms with van der Waals surface area (Å²) in [4.78, 5) is 21.9. The molecule has 1 aromatic rings. The molecule has 0 saturated carbocycles. The largest absolute Gasteiger partial charge is 0.357 e. The van der Waals surface area contributed by atoms with Crippen LogP contribution in [0.3, 0.4) is 0 Å². The number of guanidine groups is 1.